The van der Waals surface area contributed by atoms with E-state index in [4.69, 9.17) is 4.42 Å². The van der Waals surface area contributed by atoms with Crippen LogP contribution in [0.5, 0.6) is 0 Å². The molecule has 5 heteroatoms. The van der Waals surface area contributed by atoms with Gasteiger partial charge in [-0.2, -0.15) is 0 Å². The Morgan fingerprint density at radius 1 is 0.562 bits per heavy atom. The van der Waals surface area contributed by atoms with Crippen LogP contribution in [0.1, 0.15) is 136 Å². The van der Waals surface area contributed by atoms with Crippen LogP contribution >= 0.6 is 0 Å². The molecule has 0 atom stereocenters. The van der Waals surface area contributed by atoms with Gasteiger partial charge in [0.1, 0.15) is 11.4 Å². The predicted octanol–water partition coefficient (Wildman–Crippen LogP) is 14.9. The van der Waals surface area contributed by atoms with Crippen molar-refractivity contribution in [2.24, 2.45) is 0 Å². The third-order valence-electron chi connectivity index (χ3n) is 14.9. The molecular weight excluding hydrogens is 782 g/mol. The average Bonchev–Trinajstić information content (AvgIpc) is 3.59. The van der Waals surface area contributed by atoms with E-state index >= 15 is 4.39 Å². The van der Waals surface area contributed by atoms with Crippen molar-refractivity contribution in [1.82, 2.24) is 0 Å². The lowest BCUT2D eigenvalue weighted by atomic mass is 9.35. The molecule has 0 saturated carbocycles. The lowest BCUT2D eigenvalue weighted by Gasteiger charge is -2.44. The summed E-state index contributed by atoms with van der Waals surface area (Å²) in [5.41, 5.74) is 19.7. The highest BCUT2D eigenvalue weighted by Crippen LogP contribution is 2.53. The van der Waals surface area contributed by atoms with Crippen molar-refractivity contribution < 1.29 is 8.81 Å². The van der Waals surface area contributed by atoms with Crippen LogP contribution in [0.25, 0.3) is 22.1 Å². The monoisotopic (exact) mass is 847 g/mol. The molecule has 0 N–H and O–H groups in total. The van der Waals surface area contributed by atoms with Crippen LogP contribution in [-0.2, 0) is 27.1 Å². The van der Waals surface area contributed by atoms with Crippen molar-refractivity contribution in [2.45, 2.75) is 137 Å². The van der Waals surface area contributed by atoms with E-state index in [-0.39, 0.29) is 39.6 Å². The van der Waals surface area contributed by atoms with E-state index in [1.807, 2.05) is 12.1 Å². The van der Waals surface area contributed by atoms with Crippen LogP contribution in [0, 0.1) is 12.7 Å². The maximum absolute atomic E-state index is 16.3. The second-order valence-corrected chi connectivity index (χ2v) is 23.6. The van der Waals surface area contributed by atoms with Crippen LogP contribution in [0.2, 0.25) is 0 Å². The molecule has 0 bridgehead atoms. The Morgan fingerprint density at radius 2 is 1.11 bits per heavy atom. The van der Waals surface area contributed by atoms with Crippen LogP contribution in [0.15, 0.2) is 114 Å². The van der Waals surface area contributed by atoms with Gasteiger partial charge in [0, 0.05) is 39.3 Å². The summed E-state index contributed by atoms with van der Waals surface area (Å²) in [6, 6.07) is 39.8. The number of anilines is 6. The quantitative estimate of drug-likeness (QED) is 0.165. The molecular formula is C59H64BFN2O. The minimum Gasteiger partial charge on any atom is -0.468 e. The van der Waals surface area contributed by atoms with Gasteiger partial charge in [0.25, 0.3) is 6.71 Å². The summed E-state index contributed by atoms with van der Waals surface area (Å²) in [7, 11) is 0. The summed E-state index contributed by atoms with van der Waals surface area (Å²) in [5.74, 6) is -0.231. The fourth-order valence-electron chi connectivity index (χ4n) is 10.9. The third kappa shape index (κ3) is 6.58. The summed E-state index contributed by atoms with van der Waals surface area (Å²) in [6.45, 7) is 32.0. The number of benzene rings is 6. The van der Waals surface area contributed by atoms with E-state index in [0.717, 1.165) is 80.3 Å². The molecule has 0 unspecified atom stereocenters. The zero-order valence-corrected chi connectivity index (χ0v) is 40.6. The Labute approximate surface area is 381 Å². The van der Waals surface area contributed by atoms with E-state index in [1.54, 1.807) is 12.1 Å². The molecule has 10 rings (SSSR count). The molecule has 6 aromatic carbocycles. The molecule has 3 heterocycles. The van der Waals surface area contributed by atoms with Crippen molar-refractivity contribution in [2.75, 3.05) is 9.80 Å². The number of fused-ring (bicyclic) bond motifs is 7. The minimum absolute atomic E-state index is 0.00637. The highest BCUT2D eigenvalue weighted by Gasteiger charge is 2.48. The molecule has 2 aliphatic heterocycles. The maximum atomic E-state index is 16.3. The predicted molar refractivity (Wildman–Crippen MR) is 272 cm³/mol. The van der Waals surface area contributed by atoms with Crippen molar-refractivity contribution in [3.63, 3.8) is 0 Å². The van der Waals surface area contributed by atoms with Crippen molar-refractivity contribution >= 4 is 68.4 Å². The molecule has 0 amide bonds. The summed E-state index contributed by atoms with van der Waals surface area (Å²) in [5, 5.41) is 1.16. The van der Waals surface area contributed by atoms with E-state index < -0.39 is 0 Å². The molecule has 0 radical (unpaired) electrons. The summed E-state index contributed by atoms with van der Waals surface area (Å²) >= 11 is 0. The Kier molecular flexibility index (Phi) is 9.26. The minimum atomic E-state index is -0.231. The third-order valence-corrected chi connectivity index (χ3v) is 14.9. The van der Waals surface area contributed by atoms with E-state index in [9.17, 15) is 0 Å². The first-order chi connectivity index (χ1) is 29.9. The molecule has 326 valence electrons. The smallest absolute Gasteiger partial charge is 0.297 e. The molecule has 1 aromatic heterocycles. The number of furan rings is 1. The molecule has 3 aliphatic rings. The van der Waals surface area contributed by atoms with Gasteiger partial charge < -0.3 is 14.2 Å². The van der Waals surface area contributed by atoms with Gasteiger partial charge in [-0.3, -0.25) is 0 Å². The van der Waals surface area contributed by atoms with E-state index in [1.165, 1.54) is 33.2 Å². The lowest BCUT2D eigenvalue weighted by Crippen LogP contribution is -2.61. The van der Waals surface area contributed by atoms with Crippen LogP contribution in [0.4, 0.5) is 38.5 Å². The van der Waals surface area contributed by atoms with Crippen molar-refractivity contribution in [1.29, 1.82) is 0 Å². The fourth-order valence-corrected chi connectivity index (χ4v) is 10.9. The van der Waals surface area contributed by atoms with Gasteiger partial charge in [0.2, 0.25) is 0 Å². The normalized spacial score (nSPS) is 16.4. The number of nitrogens with zero attached hydrogens (tertiary/aromatic N) is 2. The van der Waals surface area contributed by atoms with Gasteiger partial charge >= 0.3 is 0 Å². The first-order valence-electron chi connectivity index (χ1n) is 23.4. The molecule has 0 fully saturated rings. The Hall–Kier alpha value is -5.55. The zero-order chi connectivity index (χ0) is 45.6. The molecule has 0 saturated heterocycles. The first-order valence-corrected chi connectivity index (χ1v) is 23.4. The Morgan fingerprint density at radius 3 is 1.72 bits per heavy atom. The van der Waals surface area contributed by atoms with Gasteiger partial charge in [-0.05, 0) is 152 Å². The largest absolute Gasteiger partial charge is 0.468 e. The maximum Gasteiger partial charge on any atom is 0.297 e. The Bertz CT molecular complexity index is 3040. The van der Waals surface area contributed by atoms with Gasteiger partial charge in [-0.25, -0.2) is 4.39 Å². The number of hydrogen-bond acceptors (Lipinski definition) is 3. The fraction of sp³-hybridized carbons (Fsp3) is 0.356. The topological polar surface area (TPSA) is 19.6 Å². The van der Waals surface area contributed by atoms with Crippen LogP contribution < -0.4 is 26.4 Å². The molecule has 64 heavy (non-hydrogen) atoms. The number of halogens is 1. The number of aryl methyl sites for hydroxylation is 1. The molecule has 0 spiro atoms. The highest BCUT2D eigenvalue weighted by molar-refractivity contribution is 7.00. The molecule has 1 aliphatic carbocycles. The Balaban J connectivity index is 1.34. The van der Waals surface area contributed by atoms with Crippen molar-refractivity contribution in [3.8, 4) is 11.1 Å². The van der Waals surface area contributed by atoms with Gasteiger partial charge in [0.15, 0.2) is 0 Å². The standard InChI is InChI=1S/C59H64BFN2O/c1-35-29-49-52-50(30-35)63(47-25-21-37(56(5,6)7)31-41(47)40-17-15-16-18-46(40)61)48-26-22-38(57(8,9)10)32-45(48)60(52)54-53(62(49)39-23-19-36(20-24-39)55(2,3)4)42-33-43-44(34-51(42)64-54)59(13,14)28-27-58(43,11)12/h15-26,29-34H,27-28H2,1-14H3. The number of rotatable bonds is 3. The first kappa shape index (κ1) is 42.4. The van der Waals surface area contributed by atoms with Gasteiger partial charge in [0.05, 0.1) is 17.0 Å². The SMILES string of the molecule is Cc1cc2c3c(c1)N(c1ccc(C(C)(C)C)cc1)c1c(oc4cc5c(cc14)C(C)(C)CCC5(C)C)B3c1cc(C(C)(C)C)ccc1N2c1ccc(C(C)(C)C)cc1-c1ccccc1F. The second kappa shape index (κ2) is 14.0. The summed E-state index contributed by atoms with van der Waals surface area (Å²) in [6.07, 6.45) is 2.27. The average molecular weight is 847 g/mol. The van der Waals surface area contributed by atoms with Gasteiger partial charge in [-0.1, -0.05) is 139 Å². The van der Waals surface area contributed by atoms with Crippen LogP contribution in [0.3, 0.4) is 0 Å². The highest BCUT2D eigenvalue weighted by atomic mass is 19.1. The zero-order valence-electron chi connectivity index (χ0n) is 40.6. The molecule has 3 nitrogen and oxygen atoms in total. The van der Waals surface area contributed by atoms with E-state index in [0.29, 0.717) is 5.56 Å². The summed E-state index contributed by atoms with van der Waals surface area (Å²) in [4.78, 5) is 4.93. The van der Waals surface area contributed by atoms with Gasteiger partial charge in [-0.15, -0.1) is 0 Å². The summed E-state index contributed by atoms with van der Waals surface area (Å²) < 4.78 is 23.8. The van der Waals surface area contributed by atoms with Crippen molar-refractivity contribution in [3.05, 3.63) is 148 Å². The van der Waals surface area contributed by atoms with E-state index in [2.05, 4.69) is 192 Å². The lowest BCUT2D eigenvalue weighted by molar-refractivity contribution is 0.332. The molecule has 7 aromatic rings. The number of hydrogen-bond donors (Lipinski definition) is 0. The van der Waals surface area contributed by atoms with Crippen LogP contribution in [-0.4, -0.2) is 6.71 Å². The second-order valence-electron chi connectivity index (χ2n) is 23.6.